The number of esters is 1. The first-order chi connectivity index (χ1) is 13.2. The van der Waals surface area contributed by atoms with E-state index in [1.165, 1.54) is 46.4 Å². The maximum absolute atomic E-state index is 12.4. The monoisotopic (exact) mass is 407 g/mol. The van der Waals surface area contributed by atoms with E-state index in [0.29, 0.717) is 15.8 Å². The van der Waals surface area contributed by atoms with Crippen LogP contribution in [0, 0.1) is 0 Å². The van der Waals surface area contributed by atoms with Gasteiger partial charge in [-0.15, -0.1) is 0 Å². The van der Waals surface area contributed by atoms with Gasteiger partial charge in [0.2, 0.25) is 5.78 Å². The van der Waals surface area contributed by atoms with E-state index >= 15 is 0 Å². The van der Waals surface area contributed by atoms with Crippen LogP contribution in [0.2, 0.25) is 0 Å². The Labute approximate surface area is 163 Å². The molecule has 0 N–H and O–H groups in total. The Hall–Kier alpha value is -2.75. The largest absolute Gasteiger partial charge is 0.497 e. The molecule has 0 aliphatic heterocycles. The standard InChI is InChI=1S/C19H21NO7S/c1-13(18(21)14-8-10-16(25-3)11-9-14)27-19(22)15-6-5-7-17(12-15)28(23,24)20(2)26-4/h5-13H,1-4H3/t13-/m0/s1. The summed E-state index contributed by atoms with van der Waals surface area (Å²) in [5.41, 5.74) is 0.360. The normalized spacial score (nSPS) is 12.5. The topological polar surface area (TPSA) is 99.2 Å². The van der Waals surface area contributed by atoms with Crippen molar-refractivity contribution in [2.45, 2.75) is 17.9 Å². The van der Waals surface area contributed by atoms with Gasteiger partial charge in [0.1, 0.15) is 5.75 Å². The minimum atomic E-state index is -3.91. The third kappa shape index (κ3) is 4.75. The van der Waals surface area contributed by atoms with E-state index in [0.717, 1.165) is 6.07 Å². The minimum absolute atomic E-state index is 0.0000380. The molecular weight excluding hydrogens is 386 g/mol. The molecule has 0 saturated heterocycles. The summed E-state index contributed by atoms with van der Waals surface area (Å²) in [6.45, 7) is 1.45. The number of nitrogens with zero attached hydrogens (tertiary/aromatic N) is 1. The van der Waals surface area contributed by atoms with E-state index in [9.17, 15) is 18.0 Å². The van der Waals surface area contributed by atoms with Crippen molar-refractivity contribution in [1.29, 1.82) is 0 Å². The Balaban J connectivity index is 2.15. The van der Waals surface area contributed by atoms with E-state index in [1.54, 1.807) is 24.3 Å². The Kier molecular flexibility index (Phi) is 6.90. The number of hydrogen-bond donors (Lipinski definition) is 0. The number of rotatable bonds is 8. The number of carbonyl (C=O) groups excluding carboxylic acids is 2. The second-order valence-corrected chi connectivity index (χ2v) is 7.70. The summed E-state index contributed by atoms with van der Waals surface area (Å²) in [7, 11) is 0.0414. The van der Waals surface area contributed by atoms with Crippen molar-refractivity contribution < 1.29 is 32.3 Å². The highest BCUT2D eigenvalue weighted by molar-refractivity contribution is 7.89. The molecule has 0 heterocycles. The molecule has 2 aromatic rings. The summed E-state index contributed by atoms with van der Waals surface area (Å²) < 4.78 is 35.5. The zero-order valence-electron chi connectivity index (χ0n) is 15.9. The van der Waals surface area contributed by atoms with Gasteiger partial charge in [0.15, 0.2) is 6.10 Å². The quantitative estimate of drug-likeness (QED) is 0.376. The first kappa shape index (κ1) is 21.5. The highest BCUT2D eigenvalue weighted by Crippen LogP contribution is 2.18. The van der Waals surface area contributed by atoms with Gasteiger partial charge in [-0.2, -0.15) is 0 Å². The van der Waals surface area contributed by atoms with Gasteiger partial charge >= 0.3 is 5.97 Å². The number of ketones is 1. The van der Waals surface area contributed by atoms with Crippen LogP contribution in [0.1, 0.15) is 27.6 Å². The van der Waals surface area contributed by atoms with Crippen LogP contribution in [0.5, 0.6) is 5.75 Å². The lowest BCUT2D eigenvalue weighted by atomic mass is 10.1. The lowest BCUT2D eigenvalue weighted by Crippen LogP contribution is -2.26. The fourth-order valence-corrected chi connectivity index (χ4v) is 3.32. The van der Waals surface area contributed by atoms with Crippen LogP contribution >= 0.6 is 0 Å². The molecule has 9 heteroatoms. The third-order valence-corrected chi connectivity index (χ3v) is 5.67. The van der Waals surface area contributed by atoms with Crippen LogP contribution < -0.4 is 4.74 Å². The average Bonchev–Trinajstić information content (AvgIpc) is 2.72. The third-order valence-electron chi connectivity index (χ3n) is 3.99. The number of hydrogen-bond acceptors (Lipinski definition) is 7. The Morgan fingerprint density at radius 3 is 2.21 bits per heavy atom. The molecular formula is C19H21NO7S. The molecule has 0 spiro atoms. The summed E-state index contributed by atoms with van der Waals surface area (Å²) in [6, 6.07) is 11.7. The fourth-order valence-electron chi connectivity index (χ4n) is 2.30. The zero-order chi connectivity index (χ0) is 20.9. The van der Waals surface area contributed by atoms with E-state index in [1.807, 2.05) is 0 Å². The molecule has 0 aliphatic carbocycles. The Morgan fingerprint density at radius 2 is 1.64 bits per heavy atom. The summed E-state index contributed by atoms with van der Waals surface area (Å²) in [5, 5.41) is 0. The van der Waals surface area contributed by atoms with Crippen LogP contribution in [0.25, 0.3) is 0 Å². The van der Waals surface area contributed by atoms with E-state index < -0.39 is 22.1 Å². The lowest BCUT2D eigenvalue weighted by Gasteiger charge is -2.15. The number of benzene rings is 2. The van der Waals surface area contributed by atoms with Crippen molar-refractivity contribution in [1.82, 2.24) is 4.47 Å². The van der Waals surface area contributed by atoms with Gasteiger partial charge in [0.05, 0.1) is 24.7 Å². The van der Waals surface area contributed by atoms with Crippen molar-refractivity contribution >= 4 is 21.8 Å². The zero-order valence-corrected chi connectivity index (χ0v) is 16.7. The summed E-state index contributed by atoms with van der Waals surface area (Å²) in [6.07, 6.45) is -1.05. The molecule has 0 radical (unpaired) electrons. The SMILES string of the molecule is COc1ccc(C(=O)[C@H](C)OC(=O)c2cccc(S(=O)(=O)N(C)OC)c2)cc1. The van der Waals surface area contributed by atoms with Crippen LogP contribution in [-0.2, 0) is 19.6 Å². The fraction of sp³-hybridized carbons (Fsp3) is 0.263. The molecule has 8 nitrogen and oxygen atoms in total. The molecule has 1 atom stereocenters. The van der Waals surface area contributed by atoms with Gasteiger partial charge < -0.3 is 9.47 Å². The summed E-state index contributed by atoms with van der Waals surface area (Å²) >= 11 is 0. The Morgan fingerprint density at radius 1 is 1.00 bits per heavy atom. The van der Waals surface area contributed by atoms with Crippen molar-refractivity contribution in [3.63, 3.8) is 0 Å². The van der Waals surface area contributed by atoms with Crippen LogP contribution in [0.3, 0.4) is 0 Å². The van der Waals surface area contributed by atoms with E-state index in [2.05, 4.69) is 0 Å². The van der Waals surface area contributed by atoms with Crippen molar-refractivity contribution in [3.8, 4) is 5.75 Å². The van der Waals surface area contributed by atoms with E-state index in [4.69, 9.17) is 14.3 Å². The Bertz CT molecular complexity index is 955. The summed E-state index contributed by atoms with van der Waals surface area (Å²) in [5.74, 6) is -0.606. The van der Waals surface area contributed by atoms with Gasteiger partial charge in [0.25, 0.3) is 10.0 Å². The number of methoxy groups -OCH3 is 1. The molecule has 0 bridgehead atoms. The predicted molar refractivity (Wildman–Crippen MR) is 101 cm³/mol. The van der Waals surface area contributed by atoms with Crippen molar-refractivity contribution in [2.24, 2.45) is 0 Å². The van der Waals surface area contributed by atoms with Gasteiger partial charge in [0, 0.05) is 12.6 Å². The van der Waals surface area contributed by atoms with E-state index in [-0.39, 0.29) is 16.2 Å². The molecule has 0 aliphatic rings. The maximum Gasteiger partial charge on any atom is 0.338 e. The maximum atomic E-state index is 12.4. The highest BCUT2D eigenvalue weighted by atomic mass is 32.2. The first-order valence-electron chi connectivity index (χ1n) is 8.23. The van der Waals surface area contributed by atoms with Crippen LogP contribution in [0.4, 0.5) is 0 Å². The first-order valence-corrected chi connectivity index (χ1v) is 9.67. The van der Waals surface area contributed by atoms with Gasteiger partial charge in [-0.05, 0) is 49.4 Å². The average molecular weight is 407 g/mol. The van der Waals surface area contributed by atoms with Gasteiger partial charge in [-0.1, -0.05) is 10.5 Å². The number of carbonyl (C=O) groups is 2. The highest BCUT2D eigenvalue weighted by Gasteiger charge is 2.24. The van der Waals surface area contributed by atoms with Crippen molar-refractivity contribution in [2.75, 3.05) is 21.3 Å². The molecule has 150 valence electrons. The van der Waals surface area contributed by atoms with Gasteiger partial charge in [-0.25, -0.2) is 13.2 Å². The van der Waals surface area contributed by atoms with Crippen molar-refractivity contribution in [3.05, 3.63) is 59.7 Å². The van der Waals surface area contributed by atoms with Gasteiger partial charge in [-0.3, -0.25) is 9.63 Å². The predicted octanol–water partition coefficient (Wildman–Crippen LogP) is 2.31. The molecule has 0 amide bonds. The molecule has 28 heavy (non-hydrogen) atoms. The second-order valence-electron chi connectivity index (χ2n) is 5.77. The lowest BCUT2D eigenvalue weighted by molar-refractivity contribution is -0.0258. The number of Topliss-reactive ketones (excluding diaryl/α,β-unsaturated/α-hetero) is 1. The molecule has 0 aromatic heterocycles. The van der Waals surface area contributed by atoms with Crippen LogP contribution in [-0.4, -0.2) is 52.0 Å². The summed E-state index contributed by atoms with van der Waals surface area (Å²) in [4.78, 5) is 29.4. The molecule has 0 unspecified atom stereocenters. The number of sulfonamides is 1. The number of ether oxygens (including phenoxy) is 2. The molecule has 0 saturated carbocycles. The second kappa shape index (κ2) is 8.96. The molecule has 2 rings (SSSR count). The molecule has 0 fully saturated rings. The minimum Gasteiger partial charge on any atom is -0.497 e. The smallest absolute Gasteiger partial charge is 0.338 e. The molecule has 2 aromatic carbocycles. The van der Waals surface area contributed by atoms with Crippen LogP contribution in [0.15, 0.2) is 53.4 Å². The number of hydroxylamine groups is 1.